The van der Waals surface area contributed by atoms with E-state index in [1.807, 2.05) is 60.7 Å². The Hall–Kier alpha value is -4.51. The molecule has 0 atom stereocenters. The van der Waals surface area contributed by atoms with Crippen LogP contribution in [-0.2, 0) is 11.3 Å². The molecule has 0 aliphatic rings. The first-order valence-electron chi connectivity index (χ1n) is 9.50. The van der Waals surface area contributed by atoms with Crippen molar-refractivity contribution in [2.75, 3.05) is 5.73 Å². The van der Waals surface area contributed by atoms with Crippen LogP contribution in [0.25, 0.3) is 22.3 Å². The summed E-state index contributed by atoms with van der Waals surface area (Å²) < 4.78 is 7.28. The lowest BCUT2D eigenvalue weighted by Gasteiger charge is -2.06. The number of nitrogens with zero attached hydrogens (tertiary/aromatic N) is 5. The van der Waals surface area contributed by atoms with Gasteiger partial charge in [-0.1, -0.05) is 24.3 Å². The predicted molar refractivity (Wildman–Crippen MR) is 116 cm³/mol. The number of benzene rings is 2. The van der Waals surface area contributed by atoms with Crippen LogP contribution in [0, 0.1) is 11.3 Å². The van der Waals surface area contributed by atoms with Crippen molar-refractivity contribution in [2.24, 2.45) is 0 Å². The van der Waals surface area contributed by atoms with Crippen molar-refractivity contribution >= 4 is 22.6 Å². The fraction of sp³-hybridized carbons (Fsp3) is 0.0870. The molecule has 31 heavy (non-hydrogen) atoms. The van der Waals surface area contributed by atoms with Gasteiger partial charge in [-0.25, -0.2) is 14.6 Å². The maximum absolute atomic E-state index is 12.4. The molecular formula is C23H18N6O2. The highest BCUT2D eigenvalue weighted by Gasteiger charge is 2.19. The van der Waals surface area contributed by atoms with Gasteiger partial charge >= 0.3 is 0 Å². The fourth-order valence-electron chi connectivity index (χ4n) is 3.16. The number of ether oxygens (including phenoxy) is 1. The molecule has 0 aliphatic heterocycles. The van der Waals surface area contributed by atoms with Crippen LogP contribution in [0.3, 0.4) is 0 Å². The summed E-state index contributed by atoms with van der Waals surface area (Å²) in [5, 5.41) is 14.2. The number of aromatic nitrogens is 4. The second kappa shape index (κ2) is 8.47. The Morgan fingerprint density at radius 3 is 2.52 bits per heavy atom. The molecule has 0 radical (unpaired) electrons. The number of carbonyl (C=O) groups is 1. The molecule has 0 unspecified atom stereocenters. The molecule has 0 saturated heterocycles. The molecule has 2 aromatic heterocycles. The average Bonchev–Trinajstić information content (AvgIpc) is 3.15. The van der Waals surface area contributed by atoms with E-state index in [0.717, 1.165) is 11.3 Å². The van der Waals surface area contributed by atoms with Crippen molar-refractivity contribution in [1.29, 1.82) is 5.26 Å². The van der Waals surface area contributed by atoms with Gasteiger partial charge in [0.15, 0.2) is 11.4 Å². The number of fused-ring (bicyclic) bond motifs is 1. The fourth-order valence-corrected chi connectivity index (χ4v) is 3.16. The third-order valence-electron chi connectivity index (χ3n) is 4.67. The number of Topliss-reactive ketones (excluding diaryl/α,β-unsaturated/α-hetero) is 1. The average molecular weight is 410 g/mol. The number of nitrogens with two attached hydrogens (primary N) is 1. The lowest BCUT2D eigenvalue weighted by Crippen LogP contribution is -2.13. The van der Waals surface area contributed by atoms with Crippen LogP contribution in [0.2, 0.25) is 0 Å². The van der Waals surface area contributed by atoms with Gasteiger partial charge < -0.3 is 10.5 Å². The normalized spacial score (nSPS) is 11.3. The van der Waals surface area contributed by atoms with Crippen molar-refractivity contribution < 1.29 is 9.53 Å². The molecule has 0 aliphatic carbocycles. The maximum atomic E-state index is 12.4. The van der Waals surface area contributed by atoms with Crippen molar-refractivity contribution in [3.8, 4) is 28.8 Å². The number of ketones is 1. The molecule has 8 heteroatoms. The number of anilines is 1. The number of allylic oxidation sites excluding steroid dienone is 2. The van der Waals surface area contributed by atoms with E-state index in [1.165, 1.54) is 17.1 Å². The highest BCUT2D eigenvalue weighted by atomic mass is 16.5. The Bertz CT molecular complexity index is 1320. The monoisotopic (exact) mass is 410 g/mol. The minimum Gasteiger partial charge on any atom is -0.457 e. The van der Waals surface area contributed by atoms with Crippen LogP contribution in [0.5, 0.6) is 11.5 Å². The standard InChI is InChI=1S/C23H18N6O2/c1-2-15(12-24)19(30)13-29-23-20(22(25)26-14-27-23)21(28-29)16-8-10-18(11-9-16)31-17-6-4-3-5-7-17/h2-11,14H,13H2,1H3,(H2,25,26,27). The molecule has 4 rings (SSSR count). The maximum Gasteiger partial charge on any atom is 0.194 e. The summed E-state index contributed by atoms with van der Waals surface area (Å²) in [6, 6.07) is 18.7. The Kier molecular flexibility index (Phi) is 5.41. The number of para-hydroxylation sites is 1. The van der Waals surface area contributed by atoms with Crippen LogP contribution in [-0.4, -0.2) is 25.5 Å². The van der Waals surface area contributed by atoms with Gasteiger partial charge in [0.1, 0.15) is 42.0 Å². The van der Waals surface area contributed by atoms with Gasteiger partial charge in [0.2, 0.25) is 0 Å². The molecular weight excluding hydrogens is 392 g/mol. The van der Waals surface area contributed by atoms with Gasteiger partial charge in [0, 0.05) is 5.56 Å². The van der Waals surface area contributed by atoms with Crippen LogP contribution in [0.15, 0.2) is 72.6 Å². The highest BCUT2D eigenvalue weighted by Crippen LogP contribution is 2.32. The zero-order valence-electron chi connectivity index (χ0n) is 16.7. The van der Waals surface area contributed by atoms with Gasteiger partial charge in [0.25, 0.3) is 0 Å². The number of nitrogen functional groups attached to an aromatic ring is 1. The minimum absolute atomic E-state index is 0.0645. The summed E-state index contributed by atoms with van der Waals surface area (Å²) in [6.45, 7) is 1.51. The first-order chi connectivity index (χ1) is 15.1. The van der Waals surface area contributed by atoms with Gasteiger partial charge in [-0.3, -0.25) is 4.79 Å². The number of hydrogen-bond acceptors (Lipinski definition) is 7. The molecule has 0 saturated carbocycles. The molecule has 2 N–H and O–H groups in total. The number of carbonyl (C=O) groups excluding carboxylic acids is 1. The minimum atomic E-state index is -0.357. The summed E-state index contributed by atoms with van der Waals surface area (Å²) in [5.41, 5.74) is 7.91. The molecule has 2 heterocycles. The first-order valence-corrected chi connectivity index (χ1v) is 9.50. The number of hydrogen-bond donors (Lipinski definition) is 1. The first kappa shape index (κ1) is 19.8. The molecule has 0 amide bonds. The van der Waals surface area contributed by atoms with E-state index >= 15 is 0 Å². The molecule has 4 aromatic rings. The molecule has 8 nitrogen and oxygen atoms in total. The zero-order chi connectivity index (χ0) is 21.8. The van der Waals surface area contributed by atoms with E-state index < -0.39 is 0 Å². The predicted octanol–water partition coefficient (Wildman–Crippen LogP) is 3.91. The lowest BCUT2D eigenvalue weighted by atomic mass is 10.1. The second-order valence-electron chi connectivity index (χ2n) is 6.64. The van der Waals surface area contributed by atoms with Crippen LogP contribution in [0.1, 0.15) is 6.92 Å². The SMILES string of the molecule is CC=C(C#N)C(=O)Cn1nc(-c2ccc(Oc3ccccc3)cc2)c2c(N)ncnc21. The molecule has 0 spiro atoms. The van der Waals surface area contributed by atoms with E-state index in [2.05, 4.69) is 15.1 Å². The Balaban J connectivity index is 1.71. The third kappa shape index (κ3) is 3.97. The second-order valence-corrected chi connectivity index (χ2v) is 6.64. The summed E-state index contributed by atoms with van der Waals surface area (Å²) in [6.07, 6.45) is 2.80. The van der Waals surface area contributed by atoms with Crippen molar-refractivity contribution in [2.45, 2.75) is 13.5 Å². The Morgan fingerprint density at radius 2 is 1.84 bits per heavy atom. The van der Waals surface area contributed by atoms with E-state index in [1.54, 1.807) is 6.92 Å². The van der Waals surface area contributed by atoms with Crippen LogP contribution < -0.4 is 10.5 Å². The van der Waals surface area contributed by atoms with Crippen LogP contribution in [0.4, 0.5) is 5.82 Å². The topological polar surface area (TPSA) is 120 Å². The lowest BCUT2D eigenvalue weighted by molar-refractivity contribution is -0.115. The number of rotatable bonds is 6. The summed E-state index contributed by atoms with van der Waals surface area (Å²) in [7, 11) is 0. The van der Waals surface area contributed by atoms with Gasteiger partial charge in [0.05, 0.1) is 11.0 Å². The van der Waals surface area contributed by atoms with Crippen molar-refractivity contribution in [3.63, 3.8) is 0 Å². The van der Waals surface area contributed by atoms with Gasteiger partial charge in [-0.2, -0.15) is 10.4 Å². The van der Waals surface area contributed by atoms with E-state index in [0.29, 0.717) is 22.5 Å². The molecule has 0 bridgehead atoms. The molecule has 152 valence electrons. The Labute approximate surface area is 178 Å². The van der Waals surface area contributed by atoms with Crippen molar-refractivity contribution in [1.82, 2.24) is 19.7 Å². The van der Waals surface area contributed by atoms with E-state index in [9.17, 15) is 4.79 Å². The summed E-state index contributed by atoms with van der Waals surface area (Å²) >= 11 is 0. The largest absolute Gasteiger partial charge is 0.457 e. The van der Waals surface area contributed by atoms with Crippen molar-refractivity contribution in [3.05, 3.63) is 72.6 Å². The van der Waals surface area contributed by atoms with E-state index in [-0.39, 0.29) is 23.7 Å². The summed E-state index contributed by atoms with van der Waals surface area (Å²) in [4.78, 5) is 20.7. The highest BCUT2D eigenvalue weighted by molar-refractivity contribution is 6.01. The molecule has 0 fully saturated rings. The quantitative estimate of drug-likeness (QED) is 0.378. The van der Waals surface area contributed by atoms with Crippen LogP contribution >= 0.6 is 0 Å². The van der Waals surface area contributed by atoms with Gasteiger partial charge in [-0.05, 0) is 43.3 Å². The van der Waals surface area contributed by atoms with Gasteiger partial charge in [-0.15, -0.1) is 0 Å². The molecule has 2 aromatic carbocycles. The third-order valence-corrected chi connectivity index (χ3v) is 4.67. The zero-order valence-corrected chi connectivity index (χ0v) is 16.7. The smallest absolute Gasteiger partial charge is 0.194 e. The van der Waals surface area contributed by atoms with E-state index in [4.69, 9.17) is 15.7 Å². The summed E-state index contributed by atoms with van der Waals surface area (Å²) in [5.74, 6) is 1.31. The Morgan fingerprint density at radius 1 is 1.13 bits per heavy atom. The number of nitriles is 1.